The Bertz CT molecular complexity index is 1110. The number of nitrogens with zero attached hydrogens (tertiary/aromatic N) is 3. The summed E-state index contributed by atoms with van der Waals surface area (Å²) in [6.07, 6.45) is 0. The minimum atomic E-state index is -3.90. The molecule has 0 aliphatic heterocycles. The molecule has 0 aliphatic carbocycles. The van der Waals surface area contributed by atoms with Gasteiger partial charge in [-0.05, 0) is 48.2 Å². The minimum Gasteiger partial charge on any atom is -0.314 e. The average molecular weight is 402 g/mol. The van der Waals surface area contributed by atoms with Crippen LogP contribution in [0.5, 0.6) is 0 Å². The summed E-state index contributed by atoms with van der Waals surface area (Å²) < 4.78 is 43.8. The van der Waals surface area contributed by atoms with Crippen molar-refractivity contribution in [2.45, 2.75) is 38.0 Å². The van der Waals surface area contributed by atoms with Crippen LogP contribution in [0.1, 0.15) is 32.2 Å². The molecule has 0 bridgehead atoms. The van der Waals surface area contributed by atoms with Crippen molar-refractivity contribution in [1.82, 2.24) is 14.8 Å². The van der Waals surface area contributed by atoms with Gasteiger partial charge in [-0.25, -0.2) is 12.8 Å². The van der Waals surface area contributed by atoms with E-state index in [2.05, 4.69) is 35.7 Å². The first-order chi connectivity index (χ1) is 13.0. The van der Waals surface area contributed by atoms with Crippen LogP contribution in [-0.2, 0) is 22.5 Å². The summed E-state index contributed by atoms with van der Waals surface area (Å²) in [5, 5.41) is 8.06. The molecule has 28 heavy (non-hydrogen) atoms. The second-order valence-electron chi connectivity index (χ2n) is 7.70. The molecule has 148 valence electrons. The van der Waals surface area contributed by atoms with E-state index in [0.717, 1.165) is 11.6 Å². The highest BCUT2D eigenvalue weighted by Crippen LogP contribution is 2.30. The van der Waals surface area contributed by atoms with E-state index in [9.17, 15) is 12.8 Å². The molecular weight excluding hydrogens is 379 g/mol. The number of hydrogen-bond donors (Lipinski definition) is 1. The van der Waals surface area contributed by atoms with Crippen LogP contribution < -0.4 is 4.72 Å². The highest BCUT2D eigenvalue weighted by atomic mass is 32.2. The molecule has 0 saturated carbocycles. The highest BCUT2D eigenvalue weighted by Gasteiger charge is 2.21. The Kier molecular flexibility index (Phi) is 5.01. The zero-order chi connectivity index (χ0) is 20.7. The van der Waals surface area contributed by atoms with Crippen LogP contribution in [0.15, 0.2) is 47.4 Å². The van der Waals surface area contributed by atoms with E-state index >= 15 is 0 Å². The van der Waals surface area contributed by atoms with Crippen molar-refractivity contribution in [3.63, 3.8) is 0 Å². The minimum absolute atomic E-state index is 0.0888. The summed E-state index contributed by atoms with van der Waals surface area (Å²) in [5.41, 5.74) is 1.48. The van der Waals surface area contributed by atoms with Crippen LogP contribution in [0.3, 0.4) is 0 Å². The molecule has 1 aromatic heterocycles. The van der Waals surface area contributed by atoms with Crippen molar-refractivity contribution in [3.05, 3.63) is 59.7 Å². The summed E-state index contributed by atoms with van der Waals surface area (Å²) in [6.45, 7) is 7.94. The molecule has 0 fully saturated rings. The molecule has 0 radical (unpaired) electrons. The van der Waals surface area contributed by atoms with Gasteiger partial charge in [0.25, 0.3) is 10.0 Å². The molecule has 2 aromatic carbocycles. The van der Waals surface area contributed by atoms with Gasteiger partial charge in [-0.15, -0.1) is 10.2 Å². The molecule has 0 unspecified atom stereocenters. The van der Waals surface area contributed by atoms with Crippen molar-refractivity contribution in [2.75, 3.05) is 4.72 Å². The van der Waals surface area contributed by atoms with E-state index in [1.54, 1.807) is 42.8 Å². The monoisotopic (exact) mass is 402 g/mol. The molecule has 8 heteroatoms. The second kappa shape index (κ2) is 7.01. The zero-order valence-electron chi connectivity index (χ0n) is 16.5. The summed E-state index contributed by atoms with van der Waals surface area (Å²) >= 11 is 0. The van der Waals surface area contributed by atoms with Gasteiger partial charge in [0, 0.05) is 12.6 Å². The number of aromatic nitrogens is 3. The number of nitrogens with one attached hydrogen (secondary N) is 1. The third-order valence-corrected chi connectivity index (χ3v) is 5.97. The number of rotatable bonds is 4. The first-order valence-electron chi connectivity index (χ1n) is 8.78. The van der Waals surface area contributed by atoms with Crippen LogP contribution >= 0.6 is 0 Å². The van der Waals surface area contributed by atoms with E-state index in [1.165, 1.54) is 12.1 Å². The smallest absolute Gasteiger partial charge is 0.261 e. The van der Waals surface area contributed by atoms with Crippen LogP contribution in [0.2, 0.25) is 0 Å². The summed E-state index contributed by atoms with van der Waals surface area (Å²) in [4.78, 5) is 0.102. The molecule has 0 aliphatic rings. The quantitative estimate of drug-likeness (QED) is 0.715. The van der Waals surface area contributed by atoms with E-state index in [4.69, 9.17) is 0 Å². The van der Waals surface area contributed by atoms with E-state index in [1.807, 2.05) is 0 Å². The molecule has 6 nitrogen and oxygen atoms in total. The van der Waals surface area contributed by atoms with Gasteiger partial charge >= 0.3 is 0 Å². The lowest BCUT2D eigenvalue weighted by Crippen LogP contribution is -2.15. The molecule has 3 aromatic rings. The van der Waals surface area contributed by atoms with Crippen molar-refractivity contribution in [3.8, 4) is 11.4 Å². The van der Waals surface area contributed by atoms with Crippen molar-refractivity contribution >= 4 is 15.7 Å². The lowest BCUT2D eigenvalue weighted by Gasteiger charge is -2.19. The van der Waals surface area contributed by atoms with Gasteiger partial charge in [-0.1, -0.05) is 32.9 Å². The normalized spacial score (nSPS) is 12.2. The Morgan fingerprint density at radius 3 is 2.21 bits per heavy atom. The van der Waals surface area contributed by atoms with Crippen LogP contribution in [-0.4, -0.2) is 23.2 Å². The zero-order valence-corrected chi connectivity index (χ0v) is 17.3. The Labute approximate surface area is 164 Å². The number of anilines is 1. The lowest BCUT2D eigenvalue weighted by molar-refractivity contribution is 0.587. The van der Waals surface area contributed by atoms with Crippen LogP contribution in [0.25, 0.3) is 11.4 Å². The van der Waals surface area contributed by atoms with Gasteiger partial charge < -0.3 is 4.57 Å². The number of sulfonamides is 1. The average Bonchev–Trinajstić information content (AvgIpc) is 2.93. The Morgan fingerprint density at radius 1 is 1.04 bits per heavy atom. The predicted molar refractivity (Wildman–Crippen MR) is 107 cm³/mol. The number of hydrogen-bond acceptors (Lipinski definition) is 4. The van der Waals surface area contributed by atoms with Crippen LogP contribution in [0, 0.1) is 12.7 Å². The van der Waals surface area contributed by atoms with Crippen molar-refractivity contribution in [2.24, 2.45) is 7.05 Å². The maximum Gasteiger partial charge on any atom is 0.261 e. The largest absolute Gasteiger partial charge is 0.314 e. The third kappa shape index (κ3) is 3.91. The fourth-order valence-corrected chi connectivity index (χ4v) is 3.85. The molecular formula is C20H23FN4O2S. The van der Waals surface area contributed by atoms with Crippen LogP contribution in [0.4, 0.5) is 10.1 Å². The Morgan fingerprint density at radius 2 is 1.68 bits per heavy atom. The summed E-state index contributed by atoms with van der Waals surface area (Å²) in [7, 11) is -2.14. The Hall–Kier alpha value is -2.74. The van der Waals surface area contributed by atoms with Gasteiger partial charge in [0.15, 0.2) is 5.82 Å². The molecule has 3 rings (SSSR count). The van der Waals surface area contributed by atoms with Crippen molar-refractivity contribution in [1.29, 1.82) is 0 Å². The van der Waals surface area contributed by atoms with E-state index in [-0.39, 0.29) is 16.0 Å². The molecule has 0 atom stereocenters. The molecule has 1 heterocycles. The SMILES string of the molecule is Cc1nnc(-c2ccc(F)cc2NS(=O)(=O)c2ccc(C(C)(C)C)cc2)n1C. The molecule has 0 saturated heterocycles. The first-order valence-corrected chi connectivity index (χ1v) is 10.3. The fraction of sp³-hybridized carbons (Fsp3) is 0.300. The summed E-state index contributed by atoms with van der Waals surface area (Å²) in [5.74, 6) is 0.549. The number of benzene rings is 2. The molecule has 1 N–H and O–H groups in total. The highest BCUT2D eigenvalue weighted by molar-refractivity contribution is 7.92. The van der Waals surface area contributed by atoms with Crippen molar-refractivity contribution < 1.29 is 12.8 Å². The van der Waals surface area contributed by atoms with Gasteiger partial charge in [0.2, 0.25) is 0 Å². The Balaban J connectivity index is 2.01. The van der Waals surface area contributed by atoms with E-state index in [0.29, 0.717) is 17.2 Å². The van der Waals surface area contributed by atoms with Gasteiger partial charge in [-0.3, -0.25) is 4.72 Å². The van der Waals surface area contributed by atoms with Gasteiger partial charge in [-0.2, -0.15) is 0 Å². The second-order valence-corrected chi connectivity index (χ2v) is 9.38. The lowest BCUT2D eigenvalue weighted by atomic mass is 9.87. The van der Waals surface area contributed by atoms with E-state index < -0.39 is 15.8 Å². The van der Waals surface area contributed by atoms with Gasteiger partial charge in [0.1, 0.15) is 11.6 Å². The molecule has 0 spiro atoms. The fourth-order valence-electron chi connectivity index (χ4n) is 2.78. The maximum atomic E-state index is 13.9. The number of halogens is 1. The predicted octanol–water partition coefficient (Wildman–Crippen LogP) is 4.03. The first kappa shape index (κ1) is 20.0. The maximum absolute atomic E-state index is 13.9. The number of aryl methyl sites for hydroxylation is 1. The third-order valence-electron chi connectivity index (χ3n) is 4.59. The standard InChI is InChI=1S/C20H23FN4O2S/c1-13-22-23-19(25(13)5)17-11-8-15(21)12-18(17)24-28(26,27)16-9-6-14(7-10-16)20(2,3)4/h6-12,24H,1-5H3. The summed E-state index contributed by atoms with van der Waals surface area (Å²) in [6, 6.07) is 10.6. The topological polar surface area (TPSA) is 76.9 Å². The van der Waals surface area contributed by atoms with Gasteiger partial charge in [0.05, 0.1) is 10.6 Å². The molecule has 0 amide bonds.